The average molecular weight is 546 g/mol. The molecule has 10 nitrogen and oxygen atoms in total. The van der Waals surface area contributed by atoms with Crippen LogP contribution < -0.4 is 16.2 Å². The first-order valence-electron chi connectivity index (χ1n) is 13.5. The number of unbranched alkanes of at least 4 members (excludes halogenated alkanes) is 1. The van der Waals surface area contributed by atoms with E-state index in [-0.39, 0.29) is 18.4 Å². The summed E-state index contributed by atoms with van der Waals surface area (Å²) < 4.78 is 20.0. The molecule has 11 heteroatoms. The summed E-state index contributed by atoms with van der Waals surface area (Å²) in [5, 5.41) is 15.6. The van der Waals surface area contributed by atoms with Crippen LogP contribution in [0.5, 0.6) is 0 Å². The number of alkyl halides is 1. The van der Waals surface area contributed by atoms with E-state index in [0.29, 0.717) is 25.3 Å². The van der Waals surface area contributed by atoms with E-state index in [0.717, 1.165) is 50.2 Å². The number of carbonyl (C=O) groups excluding carboxylic acids is 1. The molecule has 0 saturated carbocycles. The maximum absolute atomic E-state index is 13.4. The van der Waals surface area contributed by atoms with Crippen molar-refractivity contribution >= 4 is 17.7 Å². The van der Waals surface area contributed by atoms with Crippen molar-refractivity contribution in [3.63, 3.8) is 0 Å². The van der Waals surface area contributed by atoms with Crippen molar-refractivity contribution in [3.8, 4) is 0 Å². The average Bonchev–Trinajstić information content (AvgIpc) is 2.93. The second kappa shape index (κ2) is 15.3. The summed E-state index contributed by atoms with van der Waals surface area (Å²) >= 11 is 0. The van der Waals surface area contributed by atoms with Crippen molar-refractivity contribution in [3.05, 3.63) is 57.6 Å². The molecule has 1 aliphatic rings. The number of carboxylic acids is 1. The number of hydrogen-bond donors (Lipinski definition) is 3. The zero-order valence-corrected chi connectivity index (χ0v) is 22.8. The zero-order chi connectivity index (χ0) is 28.2. The molecule has 1 amide bonds. The Morgan fingerprint density at radius 3 is 2.82 bits per heavy atom. The molecular formula is C28H40FN5O5. The third kappa shape index (κ3) is 9.43. The lowest BCUT2D eigenvalue weighted by Gasteiger charge is -2.27. The monoisotopic (exact) mass is 545 g/mol. The van der Waals surface area contributed by atoms with Crippen molar-refractivity contribution in [2.75, 3.05) is 45.3 Å². The minimum atomic E-state index is -1.15. The third-order valence-electron chi connectivity index (χ3n) is 7.07. The molecule has 0 spiro atoms. The van der Waals surface area contributed by atoms with Gasteiger partial charge in [-0.05, 0) is 62.8 Å². The van der Waals surface area contributed by atoms with E-state index in [1.54, 1.807) is 19.2 Å². The van der Waals surface area contributed by atoms with Crippen molar-refractivity contribution in [2.24, 2.45) is 7.05 Å². The lowest BCUT2D eigenvalue weighted by Crippen LogP contribution is -2.45. The standard InChI is InChI=1S/C28H40FN5O5/c1-33-22(9-5-10-26(33)36)17-25(35)32-24(28(37)38)13-16-34(19-23(18-29)39-2)15-4-3-8-21-12-11-20-7-6-14-30-27(20)31-21/h5,9-12,23-24H,3-4,6-8,13-19H2,1-2H3,(H,30,31)(H,32,35)(H,37,38)/t23-,24+/m1/s1. The Balaban J connectivity index is 1.53. The second-order valence-electron chi connectivity index (χ2n) is 9.95. The lowest BCUT2D eigenvalue weighted by molar-refractivity contribution is -0.142. The van der Waals surface area contributed by atoms with E-state index in [9.17, 15) is 23.9 Å². The predicted molar refractivity (Wildman–Crippen MR) is 147 cm³/mol. The summed E-state index contributed by atoms with van der Waals surface area (Å²) in [4.78, 5) is 43.0. The molecule has 0 radical (unpaired) electrons. The highest BCUT2D eigenvalue weighted by Gasteiger charge is 2.23. The molecule has 2 aromatic rings. The maximum Gasteiger partial charge on any atom is 0.326 e. The molecule has 0 bridgehead atoms. The van der Waals surface area contributed by atoms with Gasteiger partial charge in [0.25, 0.3) is 0 Å². The normalized spacial score (nSPS) is 14.4. The van der Waals surface area contributed by atoms with E-state index < -0.39 is 30.7 Å². The summed E-state index contributed by atoms with van der Waals surface area (Å²) in [7, 11) is 3.02. The number of fused-ring (bicyclic) bond motifs is 1. The number of methoxy groups -OCH3 is 1. The Bertz CT molecular complexity index is 1150. The van der Waals surface area contributed by atoms with Gasteiger partial charge in [0.2, 0.25) is 11.5 Å². The highest BCUT2D eigenvalue weighted by molar-refractivity contribution is 5.84. The smallest absolute Gasteiger partial charge is 0.326 e. The first-order chi connectivity index (χ1) is 18.8. The number of aryl methyl sites for hydroxylation is 2. The van der Waals surface area contributed by atoms with E-state index in [4.69, 9.17) is 9.72 Å². The van der Waals surface area contributed by atoms with Crippen LogP contribution in [0.1, 0.15) is 42.6 Å². The Labute approximate surface area is 228 Å². The maximum atomic E-state index is 13.4. The molecule has 2 aromatic heterocycles. The van der Waals surface area contributed by atoms with Gasteiger partial charge in [-0.25, -0.2) is 14.2 Å². The van der Waals surface area contributed by atoms with Gasteiger partial charge in [0.05, 0.1) is 12.5 Å². The minimum absolute atomic E-state index is 0.111. The van der Waals surface area contributed by atoms with Gasteiger partial charge >= 0.3 is 5.97 Å². The highest BCUT2D eigenvalue weighted by Crippen LogP contribution is 2.20. The molecule has 0 saturated heterocycles. The van der Waals surface area contributed by atoms with Gasteiger partial charge < -0.3 is 29.9 Å². The molecule has 0 fully saturated rings. The fraction of sp³-hybridized carbons (Fsp3) is 0.571. The number of halogens is 1. The molecular weight excluding hydrogens is 505 g/mol. The van der Waals surface area contributed by atoms with Gasteiger partial charge in [-0.2, -0.15) is 0 Å². The highest BCUT2D eigenvalue weighted by atomic mass is 19.1. The van der Waals surface area contributed by atoms with Gasteiger partial charge in [0, 0.05) is 51.2 Å². The third-order valence-corrected chi connectivity index (χ3v) is 7.07. The zero-order valence-electron chi connectivity index (χ0n) is 22.8. The van der Waals surface area contributed by atoms with Crippen molar-refractivity contribution in [1.29, 1.82) is 0 Å². The molecule has 39 heavy (non-hydrogen) atoms. The van der Waals surface area contributed by atoms with Gasteiger partial charge in [-0.3, -0.25) is 9.59 Å². The SMILES string of the molecule is CO[C@H](CF)CN(CCCCc1ccc2c(n1)NCCC2)CC[C@H](NC(=O)Cc1cccc(=O)n1C)C(=O)O. The second-order valence-corrected chi connectivity index (χ2v) is 9.95. The number of amides is 1. The number of aromatic nitrogens is 2. The molecule has 3 rings (SSSR count). The molecule has 0 aliphatic carbocycles. The van der Waals surface area contributed by atoms with Gasteiger partial charge in [-0.15, -0.1) is 0 Å². The summed E-state index contributed by atoms with van der Waals surface area (Å²) in [5.41, 5.74) is 2.52. The van der Waals surface area contributed by atoms with Crippen molar-refractivity contribution in [2.45, 2.75) is 57.1 Å². The molecule has 214 valence electrons. The number of nitrogens with one attached hydrogen (secondary N) is 2. The fourth-order valence-corrected chi connectivity index (χ4v) is 4.68. The van der Waals surface area contributed by atoms with Crippen LogP contribution in [-0.4, -0.2) is 83.5 Å². The first kappa shape index (κ1) is 30.2. The van der Waals surface area contributed by atoms with Crippen LogP contribution in [0, 0.1) is 0 Å². The van der Waals surface area contributed by atoms with Crippen LogP contribution in [0.15, 0.2) is 35.1 Å². The summed E-state index contributed by atoms with van der Waals surface area (Å²) in [6.45, 7) is 1.60. The topological polar surface area (TPSA) is 126 Å². The number of carbonyl (C=O) groups is 2. The van der Waals surface area contributed by atoms with E-state index >= 15 is 0 Å². The van der Waals surface area contributed by atoms with E-state index in [2.05, 4.69) is 22.8 Å². The molecule has 0 unspecified atom stereocenters. The Kier molecular flexibility index (Phi) is 11.9. The molecule has 1 aliphatic heterocycles. The number of aliphatic carboxylic acids is 1. The summed E-state index contributed by atoms with van der Waals surface area (Å²) in [6, 6.07) is 7.70. The number of pyridine rings is 2. The molecule has 2 atom stereocenters. The molecule has 0 aromatic carbocycles. The van der Waals surface area contributed by atoms with Crippen LogP contribution in [0.25, 0.3) is 0 Å². The predicted octanol–water partition coefficient (Wildman–Crippen LogP) is 1.95. The van der Waals surface area contributed by atoms with Gasteiger partial charge in [-0.1, -0.05) is 12.1 Å². The lowest BCUT2D eigenvalue weighted by atomic mass is 10.1. The Hall–Kier alpha value is -3.31. The van der Waals surface area contributed by atoms with Gasteiger partial charge in [0.15, 0.2) is 0 Å². The van der Waals surface area contributed by atoms with Gasteiger partial charge in [0.1, 0.15) is 18.5 Å². The number of carboxylic acid groups (broad SMARTS) is 1. The fourth-order valence-electron chi connectivity index (χ4n) is 4.68. The number of ether oxygens (including phenoxy) is 1. The molecule has 3 N–H and O–H groups in total. The largest absolute Gasteiger partial charge is 0.480 e. The number of hydrogen-bond acceptors (Lipinski definition) is 7. The number of rotatable bonds is 16. The summed E-state index contributed by atoms with van der Waals surface area (Å²) in [6.07, 6.45) is 4.10. The Morgan fingerprint density at radius 2 is 2.08 bits per heavy atom. The number of nitrogens with zero attached hydrogens (tertiary/aromatic N) is 3. The van der Waals surface area contributed by atoms with Crippen LogP contribution in [0.3, 0.4) is 0 Å². The Morgan fingerprint density at radius 1 is 1.26 bits per heavy atom. The minimum Gasteiger partial charge on any atom is -0.480 e. The van der Waals surface area contributed by atoms with E-state index in [1.807, 2.05) is 4.90 Å². The van der Waals surface area contributed by atoms with Crippen LogP contribution in [-0.2, 0) is 40.6 Å². The van der Waals surface area contributed by atoms with Crippen molar-refractivity contribution in [1.82, 2.24) is 19.8 Å². The van der Waals surface area contributed by atoms with Crippen LogP contribution >= 0.6 is 0 Å². The van der Waals surface area contributed by atoms with E-state index in [1.165, 1.54) is 23.3 Å². The van der Waals surface area contributed by atoms with Crippen molar-refractivity contribution < 1.29 is 23.8 Å². The quantitative estimate of drug-likeness (QED) is 0.273. The summed E-state index contributed by atoms with van der Waals surface area (Å²) in [5.74, 6) is -0.658. The van der Waals surface area contributed by atoms with Crippen LogP contribution in [0.2, 0.25) is 0 Å². The first-order valence-corrected chi connectivity index (χ1v) is 13.5. The molecule has 3 heterocycles. The van der Waals surface area contributed by atoms with Crippen LogP contribution in [0.4, 0.5) is 10.2 Å². The number of anilines is 1.